The van der Waals surface area contributed by atoms with Crippen LogP contribution in [0.15, 0.2) is 153 Å². The second-order valence-electron chi connectivity index (χ2n) is 8.71. The SMILES string of the molecule is O=C1c2ccccc2C(=O)c2cc(S(=O)OS(c3ccccc3)(c3ccccc3)c3ccccc3)ccc21. The summed E-state index contributed by atoms with van der Waals surface area (Å²) in [6, 6.07) is 40.9. The Morgan fingerprint density at radius 1 is 0.474 bits per heavy atom. The number of ketones is 2. The number of fused-ring (bicyclic) bond motifs is 2. The van der Waals surface area contributed by atoms with Gasteiger partial charge >= 0.3 is 0 Å². The van der Waals surface area contributed by atoms with Crippen LogP contribution in [-0.4, -0.2) is 15.8 Å². The van der Waals surface area contributed by atoms with E-state index in [4.69, 9.17) is 3.63 Å². The molecule has 1 unspecified atom stereocenters. The highest BCUT2D eigenvalue weighted by Crippen LogP contribution is 2.69. The van der Waals surface area contributed by atoms with Gasteiger partial charge in [0.1, 0.15) is 0 Å². The molecule has 0 N–H and O–H groups in total. The molecule has 5 aromatic rings. The lowest BCUT2D eigenvalue weighted by molar-refractivity contribution is 0.0979. The molecule has 38 heavy (non-hydrogen) atoms. The predicted molar refractivity (Wildman–Crippen MR) is 149 cm³/mol. The molecule has 0 fully saturated rings. The van der Waals surface area contributed by atoms with E-state index in [1.54, 1.807) is 36.4 Å². The van der Waals surface area contributed by atoms with E-state index < -0.39 is 21.4 Å². The molecule has 4 nitrogen and oxygen atoms in total. The van der Waals surface area contributed by atoms with E-state index in [1.165, 1.54) is 6.07 Å². The summed E-state index contributed by atoms with van der Waals surface area (Å²) in [6.45, 7) is 0. The second-order valence-corrected chi connectivity index (χ2v) is 12.7. The summed E-state index contributed by atoms with van der Waals surface area (Å²) in [4.78, 5) is 29.4. The first-order valence-electron chi connectivity index (χ1n) is 12.0. The van der Waals surface area contributed by atoms with Gasteiger partial charge in [0.15, 0.2) is 22.6 Å². The van der Waals surface area contributed by atoms with Gasteiger partial charge in [-0.15, -0.1) is 0 Å². The number of hydrogen-bond donors (Lipinski definition) is 0. The Hall–Kier alpha value is -4.10. The minimum Gasteiger partial charge on any atom is -0.289 e. The maximum absolute atomic E-state index is 14.0. The average molecular weight is 535 g/mol. The molecule has 6 rings (SSSR count). The molecule has 1 aliphatic carbocycles. The highest BCUT2D eigenvalue weighted by molar-refractivity contribution is 8.32. The standard InChI is InChI=1S/C32H22O4S2/c33-31-27-18-10-11-19-28(27)32(34)30-22-23(20-21-29(30)31)37(35)36-38(24-12-4-1-5-13-24,25-14-6-2-7-15-25)26-16-8-3-9-17-26/h1-22H. The Kier molecular flexibility index (Phi) is 6.37. The molecule has 0 spiro atoms. The van der Waals surface area contributed by atoms with Crippen LogP contribution in [0.5, 0.6) is 0 Å². The van der Waals surface area contributed by atoms with Crippen LogP contribution in [0.4, 0.5) is 0 Å². The fourth-order valence-electron chi connectivity index (χ4n) is 4.68. The Labute approximate surface area is 225 Å². The van der Waals surface area contributed by atoms with Crippen molar-refractivity contribution in [1.29, 1.82) is 0 Å². The molecule has 0 heterocycles. The summed E-state index contributed by atoms with van der Waals surface area (Å²) in [6.07, 6.45) is 0. The van der Waals surface area contributed by atoms with Crippen molar-refractivity contribution in [3.63, 3.8) is 0 Å². The van der Waals surface area contributed by atoms with Gasteiger partial charge in [-0.2, -0.15) is 0 Å². The van der Waals surface area contributed by atoms with E-state index in [0.29, 0.717) is 21.6 Å². The Balaban J connectivity index is 1.48. The van der Waals surface area contributed by atoms with Gasteiger partial charge in [-0.05, 0) is 64.9 Å². The van der Waals surface area contributed by atoms with Crippen LogP contribution in [0.3, 0.4) is 0 Å². The number of rotatable bonds is 6. The molecule has 0 aliphatic heterocycles. The summed E-state index contributed by atoms with van der Waals surface area (Å²) in [7, 11) is -2.43. The van der Waals surface area contributed by atoms with Crippen molar-refractivity contribution in [2.45, 2.75) is 19.6 Å². The summed E-state index contributed by atoms with van der Waals surface area (Å²) >= 11 is -1.96. The van der Waals surface area contributed by atoms with E-state index in [-0.39, 0.29) is 17.1 Å². The topological polar surface area (TPSA) is 60.4 Å². The number of carbonyl (C=O) groups excluding carboxylic acids is 2. The van der Waals surface area contributed by atoms with Gasteiger partial charge in [-0.3, -0.25) is 9.59 Å². The average Bonchev–Trinajstić information content (AvgIpc) is 2.99. The summed E-state index contributed by atoms with van der Waals surface area (Å²) in [5.74, 6) is -0.479. The molecule has 0 amide bonds. The third kappa shape index (κ3) is 4.03. The maximum atomic E-state index is 14.0. The van der Waals surface area contributed by atoms with Gasteiger partial charge in [0.2, 0.25) is 0 Å². The molecular weight excluding hydrogens is 512 g/mol. The van der Waals surface area contributed by atoms with Crippen molar-refractivity contribution < 1.29 is 17.4 Å². The number of hydrogen-bond acceptors (Lipinski definition) is 4. The predicted octanol–water partition coefficient (Wildman–Crippen LogP) is 7.40. The van der Waals surface area contributed by atoms with E-state index in [0.717, 1.165) is 14.7 Å². The minimum absolute atomic E-state index is 0.216. The fraction of sp³-hybridized carbons (Fsp3) is 0. The largest absolute Gasteiger partial charge is 0.289 e. The van der Waals surface area contributed by atoms with Gasteiger partial charge in [0.25, 0.3) is 0 Å². The van der Waals surface area contributed by atoms with Crippen LogP contribution < -0.4 is 0 Å². The molecular formula is C32H22O4S2. The van der Waals surface area contributed by atoms with Crippen molar-refractivity contribution in [2.24, 2.45) is 0 Å². The molecule has 0 radical (unpaired) electrons. The zero-order chi connectivity index (χ0) is 26.1. The molecule has 5 aromatic carbocycles. The van der Waals surface area contributed by atoms with E-state index in [1.807, 2.05) is 91.0 Å². The van der Waals surface area contributed by atoms with Crippen LogP contribution in [-0.2, 0) is 14.7 Å². The third-order valence-electron chi connectivity index (χ3n) is 6.48. The quantitative estimate of drug-likeness (QED) is 0.223. The Morgan fingerprint density at radius 2 is 0.868 bits per heavy atom. The van der Waals surface area contributed by atoms with Crippen molar-refractivity contribution >= 4 is 33.0 Å². The van der Waals surface area contributed by atoms with Gasteiger partial charge in [-0.1, -0.05) is 78.9 Å². The molecule has 1 atom stereocenters. The molecule has 1 aliphatic rings. The zero-order valence-electron chi connectivity index (χ0n) is 20.2. The first-order chi connectivity index (χ1) is 18.6. The first-order valence-corrected chi connectivity index (χ1v) is 14.7. The molecule has 0 aromatic heterocycles. The second kappa shape index (κ2) is 9.99. The van der Waals surface area contributed by atoms with E-state index >= 15 is 0 Å². The van der Waals surface area contributed by atoms with Gasteiger partial charge < -0.3 is 0 Å². The van der Waals surface area contributed by atoms with Crippen molar-refractivity contribution in [3.05, 3.63) is 156 Å². The normalized spacial score (nSPS) is 13.9. The molecule has 0 saturated heterocycles. The summed E-state index contributed by atoms with van der Waals surface area (Å²) in [5.41, 5.74) is 1.28. The highest BCUT2D eigenvalue weighted by Gasteiger charge is 2.36. The summed E-state index contributed by atoms with van der Waals surface area (Å²) in [5, 5.41) is 0. The van der Waals surface area contributed by atoms with Crippen LogP contribution in [0.25, 0.3) is 0 Å². The molecule has 6 heteroatoms. The smallest absolute Gasteiger partial charge is 0.200 e. The first kappa shape index (κ1) is 24.2. The van der Waals surface area contributed by atoms with Crippen molar-refractivity contribution in [2.75, 3.05) is 0 Å². The Bertz CT molecular complexity index is 1590. The maximum Gasteiger partial charge on any atom is 0.200 e. The molecule has 186 valence electrons. The highest BCUT2D eigenvalue weighted by atomic mass is 32.3. The monoisotopic (exact) mass is 534 g/mol. The van der Waals surface area contributed by atoms with Crippen LogP contribution in [0.1, 0.15) is 31.8 Å². The summed E-state index contributed by atoms with van der Waals surface area (Å²) < 4.78 is 20.7. The third-order valence-corrected chi connectivity index (χ3v) is 11.2. The lowest BCUT2D eigenvalue weighted by atomic mass is 9.84. The lowest BCUT2D eigenvalue weighted by Crippen LogP contribution is -2.21. The fourth-order valence-corrected chi connectivity index (χ4v) is 9.51. The van der Waals surface area contributed by atoms with E-state index in [2.05, 4.69) is 0 Å². The van der Waals surface area contributed by atoms with Gasteiger partial charge in [0.05, 0.1) is 4.90 Å². The minimum atomic E-state index is -2.43. The molecule has 0 bridgehead atoms. The van der Waals surface area contributed by atoms with Crippen LogP contribution in [0.2, 0.25) is 0 Å². The van der Waals surface area contributed by atoms with E-state index in [9.17, 15) is 13.8 Å². The van der Waals surface area contributed by atoms with Crippen molar-refractivity contribution in [3.8, 4) is 0 Å². The van der Waals surface area contributed by atoms with Crippen LogP contribution in [0, 0.1) is 0 Å². The van der Waals surface area contributed by atoms with Crippen LogP contribution >= 0.6 is 10.3 Å². The number of benzene rings is 5. The molecule has 0 saturated carbocycles. The lowest BCUT2D eigenvalue weighted by Gasteiger charge is -2.39. The van der Waals surface area contributed by atoms with Gasteiger partial charge in [-0.25, -0.2) is 7.84 Å². The Morgan fingerprint density at radius 3 is 1.34 bits per heavy atom. The van der Waals surface area contributed by atoms with Gasteiger partial charge in [0, 0.05) is 36.9 Å². The van der Waals surface area contributed by atoms with Crippen molar-refractivity contribution in [1.82, 2.24) is 0 Å². The number of carbonyl (C=O) groups is 2. The zero-order valence-corrected chi connectivity index (χ0v) is 21.8.